The van der Waals surface area contributed by atoms with Crippen LogP contribution < -0.4 is 9.47 Å². The number of rotatable bonds is 8. The van der Waals surface area contributed by atoms with E-state index >= 15 is 0 Å². The minimum Gasteiger partial charge on any atom is -0.493 e. The molecule has 150 valence electrons. The van der Waals surface area contributed by atoms with E-state index in [9.17, 15) is 10.1 Å². The van der Waals surface area contributed by atoms with Gasteiger partial charge in [0.15, 0.2) is 6.79 Å². The lowest BCUT2D eigenvalue weighted by Gasteiger charge is -2.20. The van der Waals surface area contributed by atoms with Gasteiger partial charge in [-0.05, 0) is 36.1 Å². The highest BCUT2D eigenvalue weighted by Crippen LogP contribution is 2.34. The number of nitro groups is 1. The van der Waals surface area contributed by atoms with Crippen LogP contribution in [-0.4, -0.2) is 24.1 Å². The molecular weight excluding hydrogens is 378 g/mol. The van der Waals surface area contributed by atoms with Gasteiger partial charge in [-0.15, -0.1) is 0 Å². The van der Waals surface area contributed by atoms with Gasteiger partial charge in [-0.1, -0.05) is 19.9 Å². The summed E-state index contributed by atoms with van der Waals surface area (Å²) < 4.78 is 16.7. The van der Waals surface area contributed by atoms with Crippen LogP contribution in [0.15, 0.2) is 30.3 Å². The summed E-state index contributed by atoms with van der Waals surface area (Å²) in [4.78, 5) is 10.8. The Morgan fingerprint density at radius 3 is 2.82 bits per heavy atom. The summed E-state index contributed by atoms with van der Waals surface area (Å²) in [6.07, 6.45) is 0. The molecule has 0 aromatic heterocycles. The van der Waals surface area contributed by atoms with Gasteiger partial charge in [0.25, 0.3) is 5.69 Å². The number of hydrogen-bond donors (Lipinski definition) is 0. The summed E-state index contributed by atoms with van der Waals surface area (Å²) in [5.41, 5.74) is 4.20. The van der Waals surface area contributed by atoms with E-state index in [0.29, 0.717) is 30.6 Å². The van der Waals surface area contributed by atoms with Crippen molar-refractivity contribution >= 4 is 17.4 Å². The van der Waals surface area contributed by atoms with Crippen molar-refractivity contribution in [1.82, 2.24) is 0 Å². The van der Waals surface area contributed by atoms with Crippen molar-refractivity contribution in [2.75, 3.05) is 19.2 Å². The van der Waals surface area contributed by atoms with Gasteiger partial charge >= 0.3 is 0 Å². The second kappa shape index (κ2) is 9.30. The van der Waals surface area contributed by atoms with Crippen molar-refractivity contribution in [3.63, 3.8) is 0 Å². The first-order chi connectivity index (χ1) is 13.5. The smallest absolute Gasteiger partial charge is 0.270 e. The Bertz CT molecular complexity index is 853. The van der Waals surface area contributed by atoms with Gasteiger partial charge in [0, 0.05) is 34.8 Å². The topological polar surface area (TPSA) is 70.8 Å². The molecule has 3 rings (SSSR count). The molecule has 2 aromatic carbocycles. The molecule has 0 saturated heterocycles. The van der Waals surface area contributed by atoms with Gasteiger partial charge in [0.05, 0.1) is 18.1 Å². The number of aryl methyl sites for hydroxylation is 1. The molecule has 6 nitrogen and oxygen atoms in total. The molecule has 28 heavy (non-hydrogen) atoms. The highest BCUT2D eigenvalue weighted by atomic mass is 32.2. The number of fused-ring (bicyclic) bond motifs is 1. The third-order valence-corrected chi connectivity index (χ3v) is 5.57. The number of nitrogens with zero attached hydrogens (tertiary/aromatic N) is 1. The van der Waals surface area contributed by atoms with E-state index in [2.05, 4.69) is 32.9 Å². The van der Waals surface area contributed by atoms with Crippen LogP contribution in [0.4, 0.5) is 5.69 Å². The Hall–Kier alpha value is -2.25. The average molecular weight is 404 g/mol. The quantitative estimate of drug-likeness (QED) is 0.342. The van der Waals surface area contributed by atoms with E-state index in [1.54, 1.807) is 17.8 Å². The van der Waals surface area contributed by atoms with Gasteiger partial charge in [0.1, 0.15) is 11.5 Å². The molecule has 0 bridgehead atoms. The Morgan fingerprint density at radius 2 is 2.11 bits per heavy atom. The molecule has 7 heteroatoms. The first-order valence-electron chi connectivity index (χ1n) is 9.27. The number of hydrogen-bond acceptors (Lipinski definition) is 6. The average Bonchev–Trinajstić information content (AvgIpc) is 2.67. The molecule has 0 spiro atoms. The minimum atomic E-state index is -0.380. The predicted molar refractivity (Wildman–Crippen MR) is 110 cm³/mol. The molecule has 0 radical (unpaired) electrons. The zero-order valence-electron chi connectivity index (χ0n) is 16.4. The van der Waals surface area contributed by atoms with Gasteiger partial charge in [-0.3, -0.25) is 10.1 Å². The van der Waals surface area contributed by atoms with Gasteiger partial charge in [0.2, 0.25) is 0 Å². The van der Waals surface area contributed by atoms with E-state index in [0.717, 1.165) is 22.6 Å². The first-order valence-corrected chi connectivity index (χ1v) is 10.4. The highest BCUT2D eigenvalue weighted by Gasteiger charge is 2.20. The lowest BCUT2D eigenvalue weighted by atomic mass is 9.98. The normalized spacial score (nSPS) is 13.1. The van der Waals surface area contributed by atoms with Crippen LogP contribution in [0.1, 0.15) is 42.0 Å². The van der Waals surface area contributed by atoms with Crippen molar-refractivity contribution < 1.29 is 19.1 Å². The number of thioether (sulfide) groups is 1. The maximum atomic E-state index is 11.2. The summed E-state index contributed by atoms with van der Waals surface area (Å²) in [6.45, 7) is 7.56. The minimum absolute atomic E-state index is 0.0698. The summed E-state index contributed by atoms with van der Waals surface area (Å²) >= 11 is 1.66. The Labute approximate surface area is 169 Å². The summed E-state index contributed by atoms with van der Waals surface area (Å²) in [5, 5.41) is 11.2. The van der Waals surface area contributed by atoms with Crippen molar-refractivity contribution in [2.45, 2.75) is 39.0 Å². The maximum absolute atomic E-state index is 11.2. The predicted octanol–water partition coefficient (Wildman–Crippen LogP) is 5.21. The molecule has 0 fully saturated rings. The van der Waals surface area contributed by atoms with Crippen LogP contribution in [0.3, 0.4) is 0 Å². The Morgan fingerprint density at radius 1 is 1.29 bits per heavy atom. The fourth-order valence-corrected chi connectivity index (χ4v) is 4.06. The van der Waals surface area contributed by atoms with Crippen LogP contribution in [0.5, 0.6) is 11.5 Å². The molecule has 1 aliphatic heterocycles. The SMILES string of the molecule is Cc1cc(OCCSCc2cc([N+](=O)[O-])cc3c2OCOC3)ccc1C(C)C. The standard InChI is InChI=1S/C21H25NO5S/c1-14(2)20-5-4-19(8-15(20)3)26-6-7-28-12-17-10-18(22(23)24)9-16-11-25-13-27-21(16)17/h4-5,8-10,14H,6-7,11-13H2,1-3H3. The fraction of sp³-hybridized carbons (Fsp3) is 0.429. The van der Waals surface area contributed by atoms with Crippen molar-refractivity contribution in [2.24, 2.45) is 0 Å². The summed E-state index contributed by atoms with van der Waals surface area (Å²) in [7, 11) is 0. The molecule has 1 heterocycles. The van der Waals surface area contributed by atoms with Gasteiger partial charge in [-0.2, -0.15) is 11.8 Å². The second-order valence-corrected chi connectivity index (χ2v) is 8.14. The third-order valence-electron chi connectivity index (χ3n) is 4.60. The molecule has 2 aromatic rings. The van der Waals surface area contributed by atoms with Crippen LogP contribution in [0.2, 0.25) is 0 Å². The Balaban J connectivity index is 1.55. The number of non-ortho nitro benzene ring substituents is 1. The van der Waals surface area contributed by atoms with Crippen molar-refractivity contribution in [1.29, 1.82) is 0 Å². The molecule has 0 saturated carbocycles. The summed E-state index contributed by atoms with van der Waals surface area (Å²) in [6, 6.07) is 9.32. The largest absolute Gasteiger partial charge is 0.493 e. The molecule has 0 unspecified atom stereocenters. The van der Waals surface area contributed by atoms with Crippen molar-refractivity contribution in [3.8, 4) is 11.5 Å². The molecule has 0 N–H and O–H groups in total. The lowest BCUT2D eigenvalue weighted by Crippen LogP contribution is -2.13. The number of nitro benzene ring substituents is 1. The van der Waals surface area contributed by atoms with E-state index in [1.807, 2.05) is 6.07 Å². The fourth-order valence-electron chi connectivity index (χ4n) is 3.28. The van der Waals surface area contributed by atoms with Gasteiger partial charge < -0.3 is 14.2 Å². The molecule has 1 aliphatic rings. The zero-order valence-corrected chi connectivity index (χ0v) is 17.2. The van der Waals surface area contributed by atoms with Crippen LogP contribution in [-0.2, 0) is 17.1 Å². The van der Waals surface area contributed by atoms with Crippen LogP contribution in [0, 0.1) is 17.0 Å². The number of ether oxygens (including phenoxy) is 3. The van der Waals surface area contributed by atoms with Crippen LogP contribution in [0.25, 0.3) is 0 Å². The Kier molecular flexibility index (Phi) is 6.80. The van der Waals surface area contributed by atoms with E-state index in [1.165, 1.54) is 17.2 Å². The molecule has 0 atom stereocenters. The van der Waals surface area contributed by atoms with Crippen molar-refractivity contribution in [3.05, 3.63) is 62.7 Å². The second-order valence-electron chi connectivity index (χ2n) is 7.04. The summed E-state index contributed by atoms with van der Waals surface area (Å²) in [5.74, 6) is 3.48. The van der Waals surface area contributed by atoms with E-state index < -0.39 is 0 Å². The first kappa shape index (κ1) is 20.5. The molecular formula is C21H25NO5S. The van der Waals surface area contributed by atoms with E-state index in [-0.39, 0.29) is 17.4 Å². The third kappa shape index (κ3) is 4.97. The van der Waals surface area contributed by atoms with Gasteiger partial charge in [-0.25, -0.2) is 0 Å². The number of benzene rings is 2. The van der Waals surface area contributed by atoms with E-state index in [4.69, 9.17) is 14.2 Å². The van der Waals surface area contributed by atoms with Crippen LogP contribution >= 0.6 is 11.8 Å². The maximum Gasteiger partial charge on any atom is 0.270 e. The lowest BCUT2D eigenvalue weighted by molar-refractivity contribution is -0.385. The molecule has 0 aliphatic carbocycles. The monoisotopic (exact) mass is 403 g/mol. The molecule has 0 amide bonds. The highest BCUT2D eigenvalue weighted by molar-refractivity contribution is 7.98. The zero-order chi connectivity index (χ0) is 20.1.